The van der Waals surface area contributed by atoms with Crippen molar-refractivity contribution >= 4 is 6.29 Å². The van der Waals surface area contributed by atoms with Crippen molar-refractivity contribution in [3.63, 3.8) is 0 Å². The Hall–Kier alpha value is -2.01. The van der Waals surface area contributed by atoms with E-state index in [1.54, 1.807) is 18.3 Å². The lowest BCUT2D eigenvalue weighted by molar-refractivity contribution is 0.0438. The van der Waals surface area contributed by atoms with Crippen molar-refractivity contribution < 1.29 is 9.90 Å². The molecule has 1 fully saturated rings. The Morgan fingerprint density at radius 1 is 1.42 bits per heavy atom. The molecule has 1 N–H and O–H groups in total. The highest BCUT2D eigenvalue weighted by molar-refractivity contribution is 5.73. The number of aromatic nitrogens is 3. The number of hydrogen-bond donors (Lipinski definition) is 1. The summed E-state index contributed by atoms with van der Waals surface area (Å²) in [6.45, 7) is 0.107. The summed E-state index contributed by atoms with van der Waals surface area (Å²) in [6, 6.07) is 5.32. The number of pyridine rings is 1. The third-order valence-corrected chi connectivity index (χ3v) is 3.83. The van der Waals surface area contributed by atoms with Gasteiger partial charge in [-0.2, -0.15) is 5.10 Å². The highest BCUT2D eigenvalue weighted by Gasteiger charge is 2.39. The van der Waals surface area contributed by atoms with Crippen LogP contribution in [0.3, 0.4) is 0 Å². The maximum Gasteiger partial charge on any atom is 0.168 e. The highest BCUT2D eigenvalue weighted by Crippen LogP contribution is 2.38. The van der Waals surface area contributed by atoms with Crippen LogP contribution in [0.5, 0.6) is 0 Å². The van der Waals surface area contributed by atoms with E-state index in [-0.39, 0.29) is 12.1 Å². The van der Waals surface area contributed by atoms with Crippen molar-refractivity contribution in [2.75, 3.05) is 6.61 Å². The van der Waals surface area contributed by atoms with E-state index in [0.717, 1.165) is 36.8 Å². The summed E-state index contributed by atoms with van der Waals surface area (Å²) >= 11 is 0. The van der Waals surface area contributed by atoms with Crippen LogP contribution in [0.4, 0.5) is 0 Å². The van der Waals surface area contributed by atoms with Crippen molar-refractivity contribution in [2.45, 2.75) is 24.8 Å². The average Bonchev–Trinajstić information content (AvgIpc) is 2.88. The number of aliphatic hydroxyl groups is 1. The zero-order valence-corrected chi connectivity index (χ0v) is 10.5. The normalized spacial score (nSPS) is 16.9. The minimum Gasteiger partial charge on any atom is -0.394 e. The highest BCUT2D eigenvalue weighted by atomic mass is 16.3. The standard InChI is InChI=1S/C14H15N3O2/c18-9-12-3-1-4-13(16-12)11-7-15-17(8-11)14(10-19)5-2-6-14/h1,3-4,7-9,19H,2,5-6,10H2. The minimum absolute atomic E-state index is 0.107. The first-order valence-electron chi connectivity index (χ1n) is 6.36. The van der Waals surface area contributed by atoms with E-state index < -0.39 is 0 Å². The van der Waals surface area contributed by atoms with Gasteiger partial charge in [-0.15, -0.1) is 0 Å². The van der Waals surface area contributed by atoms with Crippen molar-refractivity contribution in [3.05, 3.63) is 36.3 Å². The van der Waals surface area contributed by atoms with Gasteiger partial charge >= 0.3 is 0 Å². The van der Waals surface area contributed by atoms with Gasteiger partial charge in [0, 0.05) is 11.8 Å². The fourth-order valence-electron chi connectivity index (χ4n) is 2.44. The van der Waals surface area contributed by atoms with Gasteiger partial charge in [0.15, 0.2) is 6.29 Å². The maximum absolute atomic E-state index is 10.7. The topological polar surface area (TPSA) is 68.0 Å². The van der Waals surface area contributed by atoms with E-state index in [9.17, 15) is 9.90 Å². The van der Waals surface area contributed by atoms with Crippen molar-refractivity contribution in [1.29, 1.82) is 0 Å². The van der Waals surface area contributed by atoms with Crippen LogP contribution in [-0.2, 0) is 5.54 Å². The molecule has 2 aromatic heterocycles. The molecule has 0 atom stereocenters. The molecule has 0 unspecified atom stereocenters. The Balaban J connectivity index is 1.94. The van der Waals surface area contributed by atoms with Crippen LogP contribution in [0.2, 0.25) is 0 Å². The van der Waals surface area contributed by atoms with Crippen LogP contribution in [-0.4, -0.2) is 32.8 Å². The number of carbonyl (C=O) groups is 1. The summed E-state index contributed by atoms with van der Waals surface area (Å²) in [6.07, 6.45) is 7.38. The largest absolute Gasteiger partial charge is 0.394 e. The van der Waals surface area contributed by atoms with Gasteiger partial charge in [0.05, 0.1) is 24.0 Å². The quantitative estimate of drug-likeness (QED) is 0.845. The predicted molar refractivity (Wildman–Crippen MR) is 69.8 cm³/mol. The number of aldehydes is 1. The van der Waals surface area contributed by atoms with Crippen LogP contribution in [0.15, 0.2) is 30.6 Å². The molecule has 1 saturated carbocycles. The van der Waals surface area contributed by atoms with Gasteiger partial charge in [-0.1, -0.05) is 6.07 Å². The molecule has 19 heavy (non-hydrogen) atoms. The van der Waals surface area contributed by atoms with E-state index in [4.69, 9.17) is 0 Å². The van der Waals surface area contributed by atoms with E-state index >= 15 is 0 Å². The molecule has 0 aliphatic heterocycles. The Labute approximate surface area is 110 Å². The summed E-state index contributed by atoms with van der Waals surface area (Å²) in [4.78, 5) is 15.0. The molecule has 0 radical (unpaired) electrons. The lowest BCUT2D eigenvalue weighted by Gasteiger charge is -2.40. The SMILES string of the molecule is O=Cc1cccc(-c2cnn(C3(CO)CCC3)c2)n1. The molecule has 0 saturated heterocycles. The van der Waals surface area contributed by atoms with Gasteiger partial charge < -0.3 is 5.11 Å². The zero-order chi connectivity index (χ0) is 13.3. The molecule has 2 heterocycles. The molecular weight excluding hydrogens is 242 g/mol. The Morgan fingerprint density at radius 2 is 2.26 bits per heavy atom. The molecule has 0 aromatic carbocycles. The Kier molecular flexibility index (Phi) is 2.91. The molecule has 2 aromatic rings. The van der Waals surface area contributed by atoms with Gasteiger partial charge in [0.2, 0.25) is 0 Å². The number of carbonyl (C=O) groups excluding carboxylic acids is 1. The fourth-order valence-corrected chi connectivity index (χ4v) is 2.44. The first-order valence-corrected chi connectivity index (χ1v) is 6.36. The van der Waals surface area contributed by atoms with E-state index in [2.05, 4.69) is 10.1 Å². The molecule has 0 amide bonds. The van der Waals surface area contributed by atoms with Crippen LogP contribution in [0.1, 0.15) is 29.8 Å². The number of aliphatic hydroxyl groups excluding tert-OH is 1. The van der Waals surface area contributed by atoms with Crippen LogP contribution < -0.4 is 0 Å². The van der Waals surface area contributed by atoms with Gasteiger partial charge in [-0.3, -0.25) is 9.48 Å². The third kappa shape index (κ3) is 1.96. The molecule has 5 heteroatoms. The Morgan fingerprint density at radius 3 is 2.89 bits per heavy atom. The van der Waals surface area contributed by atoms with E-state index in [1.165, 1.54) is 0 Å². The van der Waals surface area contributed by atoms with Gasteiger partial charge in [-0.25, -0.2) is 4.98 Å². The van der Waals surface area contributed by atoms with Crippen LogP contribution in [0, 0.1) is 0 Å². The molecule has 0 bridgehead atoms. The molecule has 1 aliphatic rings. The lowest BCUT2D eigenvalue weighted by Crippen LogP contribution is -2.44. The second-order valence-electron chi connectivity index (χ2n) is 4.98. The average molecular weight is 257 g/mol. The summed E-state index contributed by atoms with van der Waals surface area (Å²) in [5, 5.41) is 13.9. The zero-order valence-electron chi connectivity index (χ0n) is 10.5. The molecule has 0 spiro atoms. The van der Waals surface area contributed by atoms with Gasteiger partial charge in [-0.05, 0) is 31.4 Å². The smallest absolute Gasteiger partial charge is 0.168 e. The number of hydrogen-bond acceptors (Lipinski definition) is 4. The molecule has 1 aliphatic carbocycles. The first kappa shape index (κ1) is 12.0. The van der Waals surface area contributed by atoms with Crippen molar-refractivity contribution in [2.24, 2.45) is 0 Å². The van der Waals surface area contributed by atoms with Crippen LogP contribution >= 0.6 is 0 Å². The minimum atomic E-state index is -0.236. The maximum atomic E-state index is 10.7. The molecule has 5 nitrogen and oxygen atoms in total. The predicted octanol–water partition coefficient (Wildman–Crippen LogP) is 1.63. The monoisotopic (exact) mass is 257 g/mol. The summed E-state index contributed by atoms with van der Waals surface area (Å²) in [5.41, 5.74) is 1.76. The molecular formula is C14H15N3O2. The van der Waals surface area contributed by atoms with Crippen molar-refractivity contribution in [1.82, 2.24) is 14.8 Å². The fraction of sp³-hybridized carbons (Fsp3) is 0.357. The van der Waals surface area contributed by atoms with E-state index in [1.807, 2.05) is 16.9 Å². The molecule has 3 rings (SSSR count). The Bertz CT molecular complexity index is 597. The summed E-state index contributed by atoms with van der Waals surface area (Å²) in [5.74, 6) is 0. The second kappa shape index (κ2) is 4.59. The van der Waals surface area contributed by atoms with Gasteiger partial charge in [0.25, 0.3) is 0 Å². The van der Waals surface area contributed by atoms with Crippen LogP contribution in [0.25, 0.3) is 11.3 Å². The van der Waals surface area contributed by atoms with Gasteiger partial charge in [0.1, 0.15) is 5.69 Å². The summed E-state index contributed by atoms with van der Waals surface area (Å²) < 4.78 is 1.83. The third-order valence-electron chi connectivity index (χ3n) is 3.83. The first-order chi connectivity index (χ1) is 9.27. The summed E-state index contributed by atoms with van der Waals surface area (Å²) in [7, 11) is 0. The number of rotatable bonds is 4. The van der Waals surface area contributed by atoms with Crippen molar-refractivity contribution in [3.8, 4) is 11.3 Å². The number of nitrogens with zero attached hydrogens (tertiary/aromatic N) is 3. The molecule has 98 valence electrons. The second-order valence-corrected chi connectivity index (χ2v) is 4.98. The van der Waals surface area contributed by atoms with E-state index in [0.29, 0.717) is 5.69 Å². The lowest BCUT2D eigenvalue weighted by atomic mass is 9.77.